The van der Waals surface area contributed by atoms with Crippen LogP contribution in [-0.4, -0.2) is 18.0 Å². The lowest BCUT2D eigenvalue weighted by molar-refractivity contribution is 0.272. The molecule has 0 saturated heterocycles. The summed E-state index contributed by atoms with van der Waals surface area (Å²) < 4.78 is 5.61. The standard InChI is InChI=1S/C14H19NO/c1-11(12-7-5-4-6-8-12)9-13-15-14(2,3)10-16-13/h4-8,11H,9-10H2,1-3H3. The summed E-state index contributed by atoms with van der Waals surface area (Å²) in [6.07, 6.45) is 0.896. The summed E-state index contributed by atoms with van der Waals surface area (Å²) in [5.74, 6) is 1.37. The minimum Gasteiger partial charge on any atom is -0.478 e. The molecular formula is C14H19NO. The van der Waals surface area contributed by atoms with E-state index in [1.807, 2.05) is 6.07 Å². The lowest BCUT2D eigenvalue weighted by Crippen LogP contribution is -2.17. The van der Waals surface area contributed by atoms with Gasteiger partial charge in [0, 0.05) is 6.42 Å². The molecule has 1 aliphatic heterocycles. The van der Waals surface area contributed by atoms with Crippen LogP contribution in [0.1, 0.15) is 38.7 Å². The number of hydrogen-bond donors (Lipinski definition) is 0. The van der Waals surface area contributed by atoms with Crippen LogP contribution in [-0.2, 0) is 4.74 Å². The van der Waals surface area contributed by atoms with E-state index >= 15 is 0 Å². The molecule has 2 heteroatoms. The van der Waals surface area contributed by atoms with Crippen molar-refractivity contribution < 1.29 is 4.74 Å². The minimum atomic E-state index is -0.0360. The summed E-state index contributed by atoms with van der Waals surface area (Å²) in [5.41, 5.74) is 1.31. The molecule has 0 fully saturated rings. The van der Waals surface area contributed by atoms with Crippen LogP contribution in [0.3, 0.4) is 0 Å². The molecule has 86 valence electrons. The van der Waals surface area contributed by atoms with Gasteiger partial charge in [0.25, 0.3) is 0 Å². The lowest BCUT2D eigenvalue weighted by Gasteiger charge is -2.10. The summed E-state index contributed by atoms with van der Waals surface area (Å²) >= 11 is 0. The Bertz CT molecular complexity index is 381. The van der Waals surface area contributed by atoms with E-state index in [0.717, 1.165) is 12.3 Å². The summed E-state index contributed by atoms with van der Waals surface area (Å²) in [6.45, 7) is 7.14. The molecule has 0 radical (unpaired) electrons. The van der Waals surface area contributed by atoms with Crippen molar-refractivity contribution in [2.75, 3.05) is 6.61 Å². The minimum absolute atomic E-state index is 0.0360. The first-order valence-corrected chi connectivity index (χ1v) is 5.83. The second-order valence-corrected chi connectivity index (χ2v) is 5.12. The molecule has 1 unspecified atom stereocenters. The van der Waals surface area contributed by atoms with Gasteiger partial charge in [-0.1, -0.05) is 37.3 Å². The predicted octanol–water partition coefficient (Wildman–Crippen LogP) is 3.39. The number of benzene rings is 1. The monoisotopic (exact) mass is 217 g/mol. The lowest BCUT2D eigenvalue weighted by atomic mass is 9.98. The van der Waals surface area contributed by atoms with Crippen LogP contribution in [0, 0.1) is 0 Å². The molecule has 1 aliphatic rings. The van der Waals surface area contributed by atoms with E-state index in [2.05, 4.69) is 50.0 Å². The fourth-order valence-corrected chi connectivity index (χ4v) is 1.93. The van der Waals surface area contributed by atoms with Gasteiger partial charge in [-0.15, -0.1) is 0 Å². The van der Waals surface area contributed by atoms with Gasteiger partial charge >= 0.3 is 0 Å². The summed E-state index contributed by atoms with van der Waals surface area (Å²) in [7, 11) is 0. The highest BCUT2D eigenvalue weighted by Gasteiger charge is 2.26. The first-order valence-electron chi connectivity index (χ1n) is 5.83. The topological polar surface area (TPSA) is 21.6 Å². The second kappa shape index (κ2) is 4.28. The van der Waals surface area contributed by atoms with E-state index in [0.29, 0.717) is 12.5 Å². The molecule has 1 aromatic carbocycles. The van der Waals surface area contributed by atoms with E-state index in [9.17, 15) is 0 Å². The smallest absolute Gasteiger partial charge is 0.184 e. The Hall–Kier alpha value is -1.31. The number of ether oxygens (including phenoxy) is 1. The van der Waals surface area contributed by atoms with Gasteiger partial charge in [0.05, 0.1) is 5.54 Å². The molecule has 0 N–H and O–H groups in total. The molecular weight excluding hydrogens is 198 g/mol. The van der Waals surface area contributed by atoms with E-state index in [4.69, 9.17) is 4.74 Å². The van der Waals surface area contributed by atoms with Crippen LogP contribution in [0.4, 0.5) is 0 Å². The second-order valence-electron chi connectivity index (χ2n) is 5.12. The zero-order valence-electron chi connectivity index (χ0n) is 10.2. The van der Waals surface area contributed by atoms with Gasteiger partial charge < -0.3 is 4.74 Å². The molecule has 2 rings (SSSR count). The zero-order chi connectivity index (χ0) is 11.6. The van der Waals surface area contributed by atoms with Crippen molar-refractivity contribution >= 4 is 5.90 Å². The largest absolute Gasteiger partial charge is 0.478 e. The van der Waals surface area contributed by atoms with Crippen LogP contribution in [0.25, 0.3) is 0 Å². The van der Waals surface area contributed by atoms with Crippen molar-refractivity contribution in [2.24, 2.45) is 4.99 Å². The summed E-state index contributed by atoms with van der Waals surface area (Å²) in [6, 6.07) is 10.5. The van der Waals surface area contributed by atoms with Crippen molar-refractivity contribution in [1.82, 2.24) is 0 Å². The molecule has 1 aromatic rings. The maximum absolute atomic E-state index is 5.61. The highest BCUT2D eigenvalue weighted by atomic mass is 16.5. The summed E-state index contributed by atoms with van der Waals surface area (Å²) in [5, 5.41) is 0. The molecule has 0 amide bonds. The third-order valence-corrected chi connectivity index (χ3v) is 2.87. The van der Waals surface area contributed by atoms with Gasteiger partial charge in [0.2, 0.25) is 0 Å². The molecule has 0 aliphatic carbocycles. The van der Waals surface area contributed by atoms with Crippen molar-refractivity contribution in [3.05, 3.63) is 35.9 Å². The van der Waals surface area contributed by atoms with Crippen molar-refractivity contribution in [3.8, 4) is 0 Å². The normalized spacial score (nSPS) is 20.1. The molecule has 0 saturated carbocycles. The first kappa shape index (κ1) is 11.2. The van der Waals surface area contributed by atoms with Gasteiger partial charge in [-0.25, -0.2) is 4.99 Å². The maximum Gasteiger partial charge on any atom is 0.184 e. The first-order chi connectivity index (χ1) is 7.57. The fourth-order valence-electron chi connectivity index (χ4n) is 1.93. The summed E-state index contributed by atoms with van der Waals surface area (Å²) in [4.78, 5) is 4.58. The van der Waals surface area contributed by atoms with Gasteiger partial charge in [-0.2, -0.15) is 0 Å². The van der Waals surface area contributed by atoms with Crippen LogP contribution in [0.2, 0.25) is 0 Å². The molecule has 1 atom stereocenters. The average Bonchev–Trinajstić information content (AvgIpc) is 2.59. The van der Waals surface area contributed by atoms with Crippen molar-refractivity contribution in [3.63, 3.8) is 0 Å². The Morgan fingerprint density at radius 2 is 2.00 bits per heavy atom. The zero-order valence-corrected chi connectivity index (χ0v) is 10.2. The van der Waals surface area contributed by atoms with Gasteiger partial charge in [-0.05, 0) is 25.3 Å². The van der Waals surface area contributed by atoms with Gasteiger partial charge in [-0.3, -0.25) is 0 Å². The molecule has 0 bridgehead atoms. The Labute approximate surface area is 97.4 Å². The SMILES string of the molecule is CC(CC1=NC(C)(C)CO1)c1ccccc1. The number of rotatable bonds is 3. The molecule has 16 heavy (non-hydrogen) atoms. The molecule has 1 heterocycles. The van der Waals surface area contributed by atoms with Crippen LogP contribution >= 0.6 is 0 Å². The Kier molecular flexibility index (Phi) is 2.99. The quantitative estimate of drug-likeness (QED) is 0.760. The number of aliphatic imine (C=N–C) groups is 1. The molecule has 0 spiro atoms. The predicted molar refractivity (Wildman–Crippen MR) is 66.9 cm³/mol. The third-order valence-electron chi connectivity index (χ3n) is 2.87. The van der Waals surface area contributed by atoms with Crippen molar-refractivity contribution in [1.29, 1.82) is 0 Å². The maximum atomic E-state index is 5.61. The Morgan fingerprint density at radius 1 is 1.31 bits per heavy atom. The van der Waals surface area contributed by atoms with E-state index in [-0.39, 0.29) is 5.54 Å². The fraction of sp³-hybridized carbons (Fsp3) is 0.500. The van der Waals surface area contributed by atoms with Crippen molar-refractivity contribution in [2.45, 2.75) is 38.6 Å². The van der Waals surface area contributed by atoms with Crippen LogP contribution in [0.15, 0.2) is 35.3 Å². The molecule has 2 nitrogen and oxygen atoms in total. The molecule has 0 aromatic heterocycles. The van der Waals surface area contributed by atoms with E-state index < -0.39 is 0 Å². The van der Waals surface area contributed by atoms with Crippen LogP contribution in [0.5, 0.6) is 0 Å². The van der Waals surface area contributed by atoms with E-state index in [1.54, 1.807) is 0 Å². The Balaban J connectivity index is 2.01. The highest BCUT2D eigenvalue weighted by molar-refractivity contribution is 5.79. The van der Waals surface area contributed by atoms with Gasteiger partial charge in [0.1, 0.15) is 6.61 Å². The average molecular weight is 217 g/mol. The number of nitrogens with zero attached hydrogens (tertiary/aromatic N) is 1. The van der Waals surface area contributed by atoms with E-state index in [1.165, 1.54) is 5.56 Å². The van der Waals surface area contributed by atoms with Crippen LogP contribution < -0.4 is 0 Å². The number of hydrogen-bond acceptors (Lipinski definition) is 2. The highest BCUT2D eigenvalue weighted by Crippen LogP contribution is 2.24. The third kappa shape index (κ3) is 2.63. The Morgan fingerprint density at radius 3 is 2.56 bits per heavy atom. The van der Waals surface area contributed by atoms with Gasteiger partial charge in [0.15, 0.2) is 5.90 Å².